The van der Waals surface area contributed by atoms with E-state index in [-0.39, 0.29) is 5.78 Å². The van der Waals surface area contributed by atoms with Crippen molar-refractivity contribution < 1.29 is 9.53 Å². The SMILES string of the molecule is COc1ccc(C(=O)c2cccc3c2nc2c4c(cn5ccccc45)ncn32)cc1. The van der Waals surface area contributed by atoms with Crippen molar-refractivity contribution >= 4 is 38.9 Å². The highest BCUT2D eigenvalue weighted by atomic mass is 16.5. The van der Waals surface area contributed by atoms with Crippen LogP contribution in [0.4, 0.5) is 0 Å². The van der Waals surface area contributed by atoms with Crippen LogP contribution in [0.25, 0.3) is 33.1 Å². The molecule has 6 heteroatoms. The van der Waals surface area contributed by atoms with E-state index in [9.17, 15) is 4.79 Å². The molecule has 0 aliphatic rings. The Morgan fingerprint density at radius 2 is 1.80 bits per heavy atom. The van der Waals surface area contributed by atoms with E-state index in [0.717, 1.165) is 27.6 Å². The molecule has 0 bridgehead atoms. The van der Waals surface area contributed by atoms with Crippen LogP contribution >= 0.6 is 0 Å². The lowest BCUT2D eigenvalue weighted by atomic mass is 10.0. The third-order valence-electron chi connectivity index (χ3n) is 5.52. The average molecular weight is 392 g/mol. The van der Waals surface area contributed by atoms with Crippen LogP contribution in [0.5, 0.6) is 5.75 Å². The summed E-state index contributed by atoms with van der Waals surface area (Å²) in [6.07, 6.45) is 5.76. The number of carbonyl (C=O) groups excluding carboxylic acids is 1. The highest BCUT2D eigenvalue weighted by Gasteiger charge is 2.19. The lowest BCUT2D eigenvalue weighted by Gasteiger charge is -2.04. The number of aromatic nitrogens is 4. The maximum absolute atomic E-state index is 13.3. The van der Waals surface area contributed by atoms with E-state index in [1.807, 2.05) is 57.6 Å². The summed E-state index contributed by atoms with van der Waals surface area (Å²) in [7, 11) is 1.61. The minimum absolute atomic E-state index is 0.0717. The minimum Gasteiger partial charge on any atom is -0.497 e. The van der Waals surface area contributed by atoms with E-state index < -0.39 is 0 Å². The van der Waals surface area contributed by atoms with Crippen molar-refractivity contribution in [3.63, 3.8) is 0 Å². The molecule has 6 rings (SSSR count). The summed E-state index contributed by atoms with van der Waals surface area (Å²) in [5.41, 5.74) is 5.38. The number of para-hydroxylation sites is 1. The molecule has 0 saturated carbocycles. The first-order valence-corrected chi connectivity index (χ1v) is 9.58. The lowest BCUT2D eigenvalue weighted by molar-refractivity contribution is 0.104. The predicted octanol–water partition coefficient (Wildman–Crippen LogP) is 4.53. The largest absolute Gasteiger partial charge is 0.497 e. The van der Waals surface area contributed by atoms with Gasteiger partial charge in [-0.15, -0.1) is 0 Å². The van der Waals surface area contributed by atoms with Gasteiger partial charge in [0.05, 0.1) is 34.6 Å². The summed E-state index contributed by atoms with van der Waals surface area (Å²) in [6.45, 7) is 0. The van der Waals surface area contributed by atoms with E-state index >= 15 is 0 Å². The van der Waals surface area contributed by atoms with Crippen molar-refractivity contribution in [2.75, 3.05) is 7.11 Å². The monoisotopic (exact) mass is 392 g/mol. The Kier molecular flexibility index (Phi) is 3.43. The molecule has 4 heterocycles. The Balaban J connectivity index is 1.63. The Morgan fingerprint density at radius 3 is 2.63 bits per heavy atom. The standard InChI is InChI=1S/C24H16N4O2/c1-30-16-10-8-15(9-11-16)23(29)17-5-4-7-20-22(17)26-24-21-18(25-14-28(20)24)13-27-12-3-2-6-19(21)27/h2-14H,1H3. The zero-order valence-electron chi connectivity index (χ0n) is 16.1. The van der Waals surface area contributed by atoms with Crippen LogP contribution in [-0.4, -0.2) is 31.7 Å². The van der Waals surface area contributed by atoms with Crippen molar-refractivity contribution in [3.8, 4) is 5.75 Å². The van der Waals surface area contributed by atoms with Gasteiger partial charge in [0.2, 0.25) is 0 Å². The highest BCUT2D eigenvalue weighted by Crippen LogP contribution is 2.29. The van der Waals surface area contributed by atoms with Gasteiger partial charge in [-0.25, -0.2) is 9.97 Å². The molecular weight excluding hydrogens is 376 g/mol. The van der Waals surface area contributed by atoms with Gasteiger partial charge < -0.3 is 9.14 Å². The Morgan fingerprint density at radius 1 is 0.967 bits per heavy atom. The molecule has 4 aromatic heterocycles. The van der Waals surface area contributed by atoms with Crippen LogP contribution < -0.4 is 4.74 Å². The first-order chi connectivity index (χ1) is 14.7. The number of ketones is 1. The quantitative estimate of drug-likeness (QED) is 0.415. The fraction of sp³-hybridized carbons (Fsp3) is 0.0417. The van der Waals surface area contributed by atoms with E-state index in [1.54, 1.807) is 37.7 Å². The van der Waals surface area contributed by atoms with Gasteiger partial charge in [0.15, 0.2) is 11.4 Å². The van der Waals surface area contributed by atoms with E-state index in [4.69, 9.17) is 9.72 Å². The van der Waals surface area contributed by atoms with Crippen LogP contribution in [0.15, 0.2) is 79.4 Å². The number of imidazole rings is 1. The molecule has 2 aromatic carbocycles. The summed E-state index contributed by atoms with van der Waals surface area (Å²) in [4.78, 5) is 22.8. The third-order valence-corrected chi connectivity index (χ3v) is 5.52. The molecule has 6 nitrogen and oxygen atoms in total. The lowest BCUT2D eigenvalue weighted by Crippen LogP contribution is -2.02. The molecule has 0 spiro atoms. The van der Waals surface area contributed by atoms with Crippen LogP contribution in [-0.2, 0) is 0 Å². The van der Waals surface area contributed by atoms with Crippen molar-refractivity contribution in [3.05, 3.63) is 90.5 Å². The van der Waals surface area contributed by atoms with Gasteiger partial charge in [-0.3, -0.25) is 9.20 Å². The highest BCUT2D eigenvalue weighted by molar-refractivity contribution is 6.16. The second kappa shape index (κ2) is 6.15. The Bertz CT molecular complexity index is 1590. The number of ether oxygens (including phenoxy) is 1. The fourth-order valence-corrected chi connectivity index (χ4v) is 4.05. The number of nitrogens with zero attached hydrogens (tertiary/aromatic N) is 4. The number of carbonyl (C=O) groups is 1. The molecule has 0 atom stereocenters. The first-order valence-electron chi connectivity index (χ1n) is 9.58. The van der Waals surface area contributed by atoms with Crippen LogP contribution in [0, 0.1) is 0 Å². The van der Waals surface area contributed by atoms with Crippen LogP contribution in [0.2, 0.25) is 0 Å². The Labute approximate surface area is 171 Å². The summed E-state index contributed by atoms with van der Waals surface area (Å²) in [6, 6.07) is 18.8. The summed E-state index contributed by atoms with van der Waals surface area (Å²) >= 11 is 0. The van der Waals surface area contributed by atoms with E-state index in [2.05, 4.69) is 4.98 Å². The molecule has 30 heavy (non-hydrogen) atoms. The topological polar surface area (TPSA) is 60.9 Å². The van der Waals surface area contributed by atoms with E-state index in [0.29, 0.717) is 22.4 Å². The zero-order chi connectivity index (χ0) is 20.2. The summed E-state index contributed by atoms with van der Waals surface area (Å²) in [5.74, 6) is 0.643. The van der Waals surface area contributed by atoms with Gasteiger partial charge in [0.25, 0.3) is 0 Å². The number of hydrogen-bond donors (Lipinski definition) is 0. The van der Waals surface area contributed by atoms with Crippen molar-refractivity contribution in [2.24, 2.45) is 0 Å². The molecular formula is C24H16N4O2. The third kappa shape index (κ3) is 2.27. The Hall–Kier alpha value is -4.19. The number of benzene rings is 2. The normalized spacial score (nSPS) is 11.6. The smallest absolute Gasteiger partial charge is 0.195 e. The molecule has 0 aliphatic carbocycles. The van der Waals surface area contributed by atoms with Gasteiger partial charge >= 0.3 is 0 Å². The summed E-state index contributed by atoms with van der Waals surface area (Å²) in [5, 5.41) is 0.970. The molecule has 0 saturated heterocycles. The molecule has 0 N–H and O–H groups in total. The molecule has 0 unspecified atom stereocenters. The van der Waals surface area contributed by atoms with Crippen molar-refractivity contribution in [1.82, 2.24) is 18.8 Å². The van der Waals surface area contributed by atoms with Gasteiger partial charge in [0, 0.05) is 18.0 Å². The second-order valence-electron chi connectivity index (χ2n) is 7.16. The van der Waals surface area contributed by atoms with Crippen LogP contribution in [0.3, 0.4) is 0 Å². The van der Waals surface area contributed by atoms with E-state index in [1.165, 1.54) is 0 Å². The maximum atomic E-state index is 13.3. The van der Waals surface area contributed by atoms with Gasteiger partial charge in [-0.2, -0.15) is 0 Å². The van der Waals surface area contributed by atoms with Crippen molar-refractivity contribution in [1.29, 1.82) is 0 Å². The number of hydrogen-bond acceptors (Lipinski definition) is 4. The average Bonchev–Trinajstić information content (AvgIpc) is 3.36. The van der Waals surface area contributed by atoms with Crippen LogP contribution in [0.1, 0.15) is 15.9 Å². The molecule has 0 aliphatic heterocycles. The second-order valence-corrected chi connectivity index (χ2v) is 7.16. The van der Waals surface area contributed by atoms with Gasteiger partial charge in [-0.1, -0.05) is 12.1 Å². The van der Waals surface area contributed by atoms with Crippen molar-refractivity contribution in [2.45, 2.75) is 0 Å². The first kappa shape index (κ1) is 16.7. The molecule has 0 amide bonds. The maximum Gasteiger partial charge on any atom is 0.195 e. The molecule has 0 fully saturated rings. The number of fused-ring (bicyclic) bond motifs is 7. The predicted molar refractivity (Wildman–Crippen MR) is 115 cm³/mol. The number of pyridine rings is 1. The van der Waals surface area contributed by atoms with Gasteiger partial charge in [-0.05, 0) is 48.5 Å². The molecule has 0 radical (unpaired) electrons. The zero-order valence-corrected chi connectivity index (χ0v) is 16.1. The van der Waals surface area contributed by atoms with Gasteiger partial charge in [0.1, 0.15) is 17.6 Å². The number of rotatable bonds is 3. The number of methoxy groups -OCH3 is 1. The summed E-state index contributed by atoms with van der Waals surface area (Å²) < 4.78 is 9.19. The molecule has 6 aromatic rings. The fourth-order valence-electron chi connectivity index (χ4n) is 4.05. The molecule has 144 valence electrons. The minimum atomic E-state index is -0.0717.